The molecule has 0 spiro atoms. The molecule has 0 atom stereocenters. The number of halogens is 5. The number of benzene rings is 4. The van der Waals surface area contributed by atoms with Crippen molar-refractivity contribution in [2.75, 3.05) is 0 Å². The molecule has 0 bridgehead atoms. The van der Waals surface area contributed by atoms with Crippen molar-refractivity contribution >= 4 is 147 Å². The average molecular weight is 1170 g/mol. The van der Waals surface area contributed by atoms with Gasteiger partial charge in [0.25, 0.3) is 0 Å². The summed E-state index contributed by atoms with van der Waals surface area (Å²) in [6.45, 7) is 8.64. The Kier molecular flexibility index (Phi) is 15.6. The summed E-state index contributed by atoms with van der Waals surface area (Å²) >= 11 is 15.1. The minimum absolute atomic E-state index is 0. The third-order valence-corrected chi connectivity index (χ3v) is 11.5. The number of hydrogen-bond donors (Lipinski definition) is 1. The molecule has 0 fully saturated rings. The maximum atomic E-state index is 5.07. The van der Waals surface area contributed by atoms with Crippen LogP contribution in [0.15, 0.2) is 136 Å². The quantitative estimate of drug-likeness (QED) is 0.0813. The molecule has 4 heterocycles. The van der Waals surface area contributed by atoms with Crippen LogP contribution in [0.5, 0.6) is 0 Å². The summed E-state index contributed by atoms with van der Waals surface area (Å²) in [5.74, 6) is 0. The Morgan fingerprint density at radius 3 is 1.67 bits per heavy atom. The van der Waals surface area contributed by atoms with Crippen LogP contribution >= 0.6 is 106 Å². The topological polar surface area (TPSA) is 62.9 Å². The van der Waals surface area contributed by atoms with Crippen molar-refractivity contribution in [3.63, 3.8) is 0 Å². The van der Waals surface area contributed by atoms with E-state index >= 15 is 0 Å². The molecule has 0 N–H and O–H groups in total. The third-order valence-electron chi connectivity index (χ3n) is 8.72. The van der Waals surface area contributed by atoms with Crippen molar-refractivity contribution in [2.45, 2.75) is 48.4 Å². The van der Waals surface area contributed by atoms with E-state index in [1.165, 1.54) is 16.7 Å². The van der Waals surface area contributed by atoms with E-state index in [9.17, 15) is 0 Å². The molecular weight excluding hydrogens is 1130 g/mol. The van der Waals surface area contributed by atoms with Crippen molar-refractivity contribution in [1.82, 2.24) is 9.97 Å². The van der Waals surface area contributed by atoms with Gasteiger partial charge in [0.15, 0.2) is 0 Å². The van der Waals surface area contributed by atoms with Crippen LogP contribution in [0.1, 0.15) is 61.1 Å². The van der Waals surface area contributed by atoms with Crippen LogP contribution in [-0.2, 0) is 9.65 Å². The first-order chi connectivity index (χ1) is 24.4. The monoisotopic (exact) mass is 1170 g/mol. The number of aromatic nitrogens is 2. The Labute approximate surface area is 370 Å². The molecule has 0 saturated carbocycles. The van der Waals surface area contributed by atoms with Gasteiger partial charge in [0.05, 0.1) is 33.5 Å². The normalized spacial score (nSPS) is 15.5. The molecule has 5 nitrogen and oxygen atoms in total. The van der Waals surface area contributed by atoms with Gasteiger partial charge in [0, 0.05) is 82.7 Å². The fraction of sp³-hybridized carbons (Fsp3) is 0.200. The molecule has 12 heteroatoms. The summed E-state index contributed by atoms with van der Waals surface area (Å²) < 4.78 is 2.30. The number of fused-ring (bicyclic) bond motifs is 4. The number of aliphatic imine (C=N–C) groups is 2. The van der Waals surface area contributed by atoms with E-state index in [0.29, 0.717) is 0 Å². The number of hydrogen-bond acceptors (Lipinski definition) is 6. The van der Waals surface area contributed by atoms with Crippen molar-refractivity contribution in [2.24, 2.45) is 14.3 Å². The van der Waals surface area contributed by atoms with E-state index in [0.717, 1.165) is 56.3 Å². The Balaban J connectivity index is 0.000000204. The minimum atomic E-state index is -0.391. The summed E-state index contributed by atoms with van der Waals surface area (Å²) in [7, 11) is 4.34. The summed E-state index contributed by atoms with van der Waals surface area (Å²) in [4.78, 5) is 19.3. The van der Waals surface area contributed by atoms with E-state index in [1.54, 1.807) is 0 Å². The molecule has 52 heavy (non-hydrogen) atoms. The maximum absolute atomic E-state index is 5.07. The van der Waals surface area contributed by atoms with E-state index in [4.69, 9.17) is 9.98 Å². The van der Waals surface area contributed by atoms with Crippen molar-refractivity contribution in [1.29, 1.82) is 0 Å². The molecule has 2 aliphatic rings. The predicted molar refractivity (Wildman–Crippen MR) is 260 cm³/mol. The summed E-state index contributed by atoms with van der Waals surface area (Å²) in [6.07, 6.45) is 4.84. The number of nitrogens with zero attached hydrogens (tertiary/aromatic N) is 5. The first-order valence-corrected chi connectivity index (χ1v) is 24.4. The molecule has 0 amide bonds. The zero-order chi connectivity index (χ0) is 36.8. The predicted octanol–water partition coefficient (Wildman–Crippen LogP) is 12.8. The first kappa shape index (κ1) is 43.1. The molecule has 0 saturated heterocycles. The second-order valence-electron chi connectivity index (χ2n) is 13.2. The Morgan fingerprint density at radius 2 is 1.12 bits per heavy atom. The van der Waals surface area contributed by atoms with E-state index < -0.39 is 3.23 Å². The second kappa shape index (κ2) is 18.8. The molecule has 0 aliphatic carbocycles. The van der Waals surface area contributed by atoms with E-state index in [1.807, 2.05) is 48.8 Å². The standard InChI is InChI=1S/C20H16Br2N2.C20H18N2.BHNS.I2.HI/c1-19(2)20(21,22)16-9-5-4-8-15(16)18(24-19)14-11-13-7-3-6-10-17(13)23-12-14;1-20(2)12-15-8-3-5-9-17(15)19(22-20)16-11-14-7-4-6-10-18(14)21-13-16;1-2-3;1-2;/h3-12H,1-2H3;3-11,13H,12H2,1-2H3;3H;;1H. The zero-order valence-electron chi connectivity index (χ0n) is 28.9. The van der Waals surface area contributed by atoms with Crippen molar-refractivity contribution < 1.29 is 0 Å². The van der Waals surface area contributed by atoms with Crippen LogP contribution < -0.4 is 0 Å². The third kappa shape index (κ3) is 9.61. The summed E-state index contributed by atoms with van der Waals surface area (Å²) in [5, 5.41) is 2.28. The van der Waals surface area contributed by atoms with Gasteiger partial charge in [0.2, 0.25) is 0 Å². The van der Waals surface area contributed by atoms with Gasteiger partial charge in [0.1, 0.15) is 3.23 Å². The van der Waals surface area contributed by atoms with Gasteiger partial charge < -0.3 is 0 Å². The number of rotatable bonds is 2. The van der Waals surface area contributed by atoms with Gasteiger partial charge in [-0.3, -0.25) is 20.0 Å². The molecule has 2 aliphatic heterocycles. The van der Waals surface area contributed by atoms with Gasteiger partial charge >= 0.3 is 24.8 Å². The van der Waals surface area contributed by atoms with Crippen LogP contribution in [0.3, 0.4) is 0 Å². The van der Waals surface area contributed by atoms with E-state index in [-0.39, 0.29) is 35.1 Å². The average Bonchev–Trinajstić information content (AvgIpc) is 3.14. The van der Waals surface area contributed by atoms with Crippen molar-refractivity contribution in [3.8, 4) is 0 Å². The molecular formula is C40H36BBr2I3N5S. The first-order valence-electron chi connectivity index (χ1n) is 16.1. The van der Waals surface area contributed by atoms with Gasteiger partial charge in [-0.15, -0.1) is 24.0 Å². The van der Waals surface area contributed by atoms with Crippen LogP contribution in [-0.4, -0.2) is 40.1 Å². The molecule has 1 radical (unpaired) electrons. The van der Waals surface area contributed by atoms with Gasteiger partial charge in [-0.1, -0.05) is 117 Å². The van der Waals surface area contributed by atoms with Crippen molar-refractivity contribution in [3.05, 3.63) is 155 Å². The zero-order valence-corrected chi connectivity index (χ0v) is 39.6. The van der Waals surface area contributed by atoms with Gasteiger partial charge in [-0.25, -0.2) is 0 Å². The number of thiol groups is 1. The molecule has 0 unspecified atom stereocenters. The molecule has 8 rings (SSSR count). The molecule has 2 aromatic heterocycles. The Morgan fingerprint density at radius 1 is 0.673 bits per heavy atom. The Bertz CT molecular complexity index is 2260. The molecule has 265 valence electrons. The summed E-state index contributed by atoms with van der Waals surface area (Å²) in [5.41, 5.74) is 10.7. The SMILES string of the molecule is CC1(C)Cc2ccccc2C(c2cnc3ccccc3c2)=N1.CC1(C)N=C(c2cnc3ccccc3c2)c2ccccc2C1(Br)Br.I.II.[B]=NS. The molecule has 4 aromatic carbocycles. The Hall–Kier alpha value is -1.60. The van der Waals surface area contributed by atoms with Crippen LogP contribution in [0, 0.1) is 0 Å². The number of pyridine rings is 2. The number of alkyl halides is 2. The fourth-order valence-corrected chi connectivity index (χ4v) is 7.19. The second-order valence-corrected chi connectivity index (χ2v) is 16.9. The van der Waals surface area contributed by atoms with Crippen LogP contribution in [0.25, 0.3) is 21.8 Å². The van der Waals surface area contributed by atoms with Gasteiger partial charge in [-0.05, 0) is 69.5 Å². The van der Waals surface area contributed by atoms with Crippen LogP contribution in [0.4, 0.5) is 0 Å². The van der Waals surface area contributed by atoms with Gasteiger partial charge in [-0.2, -0.15) is 0 Å². The summed E-state index contributed by atoms with van der Waals surface area (Å²) in [6, 6.07) is 37.7. The fourth-order valence-electron chi connectivity index (χ4n) is 6.32. The van der Waals surface area contributed by atoms with Crippen LogP contribution in [0.2, 0.25) is 0 Å². The van der Waals surface area contributed by atoms with E-state index in [2.05, 4.69) is 204 Å². The molecule has 6 aromatic rings. The number of para-hydroxylation sites is 2.